The average molecular weight is 408 g/mol. The van der Waals surface area contributed by atoms with Crippen molar-refractivity contribution in [3.8, 4) is 5.75 Å². The molecule has 10 heteroatoms. The number of alkyl halides is 6. The lowest BCUT2D eigenvalue weighted by Gasteiger charge is -2.16. The van der Waals surface area contributed by atoms with Crippen LogP contribution < -0.4 is 15.4 Å². The quantitative estimate of drug-likeness (QED) is 0.485. The first-order valence-corrected chi connectivity index (χ1v) is 8.00. The van der Waals surface area contributed by atoms with E-state index in [2.05, 4.69) is 10.6 Å². The zero-order valence-corrected chi connectivity index (χ0v) is 14.6. The largest absolute Gasteiger partial charge is 0.494 e. The summed E-state index contributed by atoms with van der Waals surface area (Å²) in [6, 6.07) is 7.65. The van der Waals surface area contributed by atoms with E-state index in [9.17, 15) is 26.3 Å². The number of halogens is 6. The lowest BCUT2D eigenvalue weighted by atomic mass is 10.1. The first-order chi connectivity index (χ1) is 12.5. The molecule has 0 saturated heterocycles. The minimum Gasteiger partial charge on any atom is -0.494 e. The highest BCUT2D eigenvalue weighted by Crippen LogP contribution is 2.37. The molecule has 146 valence electrons. The fourth-order valence-corrected chi connectivity index (χ4v) is 2.36. The van der Waals surface area contributed by atoms with Crippen LogP contribution in [0.4, 0.5) is 37.7 Å². The molecule has 0 atom stereocenters. The second kappa shape index (κ2) is 8.03. The highest BCUT2D eigenvalue weighted by Gasteiger charge is 2.37. The summed E-state index contributed by atoms with van der Waals surface area (Å²) in [5.41, 5.74) is -2.80. The zero-order chi connectivity index (χ0) is 20.2. The molecular weight excluding hydrogens is 394 g/mol. The smallest absolute Gasteiger partial charge is 0.416 e. The van der Waals surface area contributed by atoms with Crippen molar-refractivity contribution in [3.05, 3.63) is 53.6 Å². The summed E-state index contributed by atoms with van der Waals surface area (Å²) in [7, 11) is 0. The number of rotatable bonds is 4. The Morgan fingerprint density at radius 3 is 1.78 bits per heavy atom. The lowest BCUT2D eigenvalue weighted by Crippen LogP contribution is -2.20. The SMILES string of the molecule is CCOc1ccc(NC(=S)Nc2cc(C(F)(F)F)cc(C(F)(F)F)c2)cc1. The summed E-state index contributed by atoms with van der Waals surface area (Å²) >= 11 is 4.96. The van der Waals surface area contributed by atoms with Crippen molar-refractivity contribution in [1.29, 1.82) is 0 Å². The summed E-state index contributed by atoms with van der Waals surface area (Å²) < 4.78 is 82.5. The summed E-state index contributed by atoms with van der Waals surface area (Å²) in [4.78, 5) is 0. The van der Waals surface area contributed by atoms with Crippen molar-refractivity contribution in [2.24, 2.45) is 0 Å². The Bertz CT molecular complexity index is 770. The molecule has 0 aliphatic heterocycles. The predicted octanol–water partition coefficient (Wildman–Crippen LogP) is 5.93. The van der Waals surface area contributed by atoms with E-state index in [1.807, 2.05) is 6.92 Å². The van der Waals surface area contributed by atoms with E-state index < -0.39 is 29.2 Å². The molecule has 0 heterocycles. The average Bonchev–Trinajstić information content (AvgIpc) is 2.55. The maximum absolute atomic E-state index is 12.9. The van der Waals surface area contributed by atoms with Gasteiger partial charge in [-0.3, -0.25) is 0 Å². The van der Waals surface area contributed by atoms with E-state index in [0.29, 0.717) is 30.2 Å². The minimum atomic E-state index is -4.93. The van der Waals surface area contributed by atoms with Crippen molar-refractivity contribution in [3.63, 3.8) is 0 Å². The van der Waals surface area contributed by atoms with Crippen molar-refractivity contribution in [2.45, 2.75) is 19.3 Å². The number of thiocarbonyl (C=S) groups is 1. The molecule has 2 aromatic rings. The van der Waals surface area contributed by atoms with Gasteiger partial charge in [0.05, 0.1) is 17.7 Å². The summed E-state index contributed by atoms with van der Waals surface area (Å²) in [6.45, 7) is 2.29. The molecule has 27 heavy (non-hydrogen) atoms. The number of ether oxygens (including phenoxy) is 1. The number of nitrogens with one attached hydrogen (secondary N) is 2. The molecule has 2 aromatic carbocycles. The molecule has 0 radical (unpaired) electrons. The van der Waals surface area contributed by atoms with Crippen LogP contribution in [-0.2, 0) is 12.4 Å². The van der Waals surface area contributed by atoms with Gasteiger partial charge in [0.25, 0.3) is 0 Å². The summed E-state index contributed by atoms with van der Waals surface area (Å²) in [5.74, 6) is 0.606. The van der Waals surface area contributed by atoms with Crippen molar-refractivity contribution < 1.29 is 31.1 Å². The van der Waals surface area contributed by atoms with Gasteiger partial charge in [0.1, 0.15) is 5.75 Å². The fraction of sp³-hybridized carbons (Fsp3) is 0.235. The van der Waals surface area contributed by atoms with Gasteiger partial charge in [-0.1, -0.05) is 0 Å². The molecule has 0 saturated carbocycles. The van der Waals surface area contributed by atoms with Crippen LogP contribution in [0, 0.1) is 0 Å². The van der Waals surface area contributed by atoms with Crippen LogP contribution in [0.2, 0.25) is 0 Å². The second-order valence-corrected chi connectivity index (χ2v) is 5.74. The zero-order valence-electron chi connectivity index (χ0n) is 13.8. The molecule has 0 amide bonds. The topological polar surface area (TPSA) is 33.3 Å². The third-order valence-corrected chi connectivity index (χ3v) is 3.47. The van der Waals surface area contributed by atoms with Crippen LogP contribution in [0.5, 0.6) is 5.75 Å². The van der Waals surface area contributed by atoms with Gasteiger partial charge >= 0.3 is 12.4 Å². The van der Waals surface area contributed by atoms with Crippen LogP contribution in [-0.4, -0.2) is 11.7 Å². The van der Waals surface area contributed by atoms with Crippen LogP contribution in [0.15, 0.2) is 42.5 Å². The van der Waals surface area contributed by atoms with Crippen molar-refractivity contribution >= 4 is 28.7 Å². The molecule has 0 aliphatic carbocycles. The molecule has 0 fully saturated rings. The number of anilines is 2. The fourth-order valence-electron chi connectivity index (χ4n) is 2.12. The monoisotopic (exact) mass is 408 g/mol. The van der Waals surface area contributed by atoms with Crippen LogP contribution >= 0.6 is 12.2 Å². The van der Waals surface area contributed by atoms with Gasteiger partial charge in [0.2, 0.25) is 0 Å². The van der Waals surface area contributed by atoms with Crippen LogP contribution in [0.25, 0.3) is 0 Å². The van der Waals surface area contributed by atoms with Gasteiger partial charge < -0.3 is 15.4 Å². The number of hydrogen-bond acceptors (Lipinski definition) is 2. The van der Waals surface area contributed by atoms with E-state index >= 15 is 0 Å². The number of benzene rings is 2. The van der Waals surface area contributed by atoms with Gasteiger partial charge in [0.15, 0.2) is 5.11 Å². The highest BCUT2D eigenvalue weighted by molar-refractivity contribution is 7.80. The molecule has 0 bridgehead atoms. The van der Waals surface area contributed by atoms with Gasteiger partial charge in [-0.25, -0.2) is 0 Å². The van der Waals surface area contributed by atoms with Gasteiger partial charge in [-0.05, 0) is 61.6 Å². The number of hydrogen-bond donors (Lipinski definition) is 2. The molecular formula is C17H14F6N2OS. The summed E-state index contributed by atoms with van der Waals surface area (Å²) in [6.07, 6.45) is -9.86. The van der Waals surface area contributed by atoms with Gasteiger partial charge in [-0.2, -0.15) is 26.3 Å². The third-order valence-electron chi connectivity index (χ3n) is 3.27. The molecule has 0 aliphatic rings. The van der Waals surface area contributed by atoms with Crippen molar-refractivity contribution in [1.82, 2.24) is 0 Å². The van der Waals surface area contributed by atoms with Crippen molar-refractivity contribution in [2.75, 3.05) is 17.2 Å². The molecule has 0 aromatic heterocycles. The molecule has 0 unspecified atom stereocenters. The minimum absolute atomic E-state index is 0.0497. The van der Waals surface area contributed by atoms with E-state index in [-0.39, 0.29) is 11.2 Å². The highest BCUT2D eigenvalue weighted by atomic mass is 32.1. The summed E-state index contributed by atoms with van der Waals surface area (Å²) in [5, 5.41) is 4.86. The van der Waals surface area contributed by atoms with E-state index in [1.54, 1.807) is 24.3 Å². The Balaban J connectivity index is 2.18. The Hall–Kier alpha value is -2.49. The standard InChI is InChI=1S/C17H14F6N2OS/c1-2-26-14-5-3-12(4-6-14)24-15(27)25-13-8-10(16(18,19)20)7-11(9-13)17(21,22)23/h3-9H,2H2,1H3,(H2,24,25,27). The van der Waals surface area contributed by atoms with E-state index in [4.69, 9.17) is 17.0 Å². The molecule has 3 nitrogen and oxygen atoms in total. The maximum atomic E-state index is 12.9. The Morgan fingerprint density at radius 2 is 1.33 bits per heavy atom. The van der Waals surface area contributed by atoms with Crippen LogP contribution in [0.3, 0.4) is 0 Å². The third kappa shape index (κ3) is 6.02. The van der Waals surface area contributed by atoms with Gasteiger partial charge in [-0.15, -0.1) is 0 Å². The van der Waals surface area contributed by atoms with Crippen LogP contribution in [0.1, 0.15) is 18.1 Å². The molecule has 0 spiro atoms. The Kier molecular flexibility index (Phi) is 6.19. The van der Waals surface area contributed by atoms with Gasteiger partial charge in [0, 0.05) is 11.4 Å². The normalized spacial score (nSPS) is 11.8. The predicted molar refractivity (Wildman–Crippen MR) is 93.9 cm³/mol. The Morgan fingerprint density at radius 1 is 0.852 bits per heavy atom. The lowest BCUT2D eigenvalue weighted by molar-refractivity contribution is -0.143. The molecule has 2 N–H and O–H groups in total. The second-order valence-electron chi connectivity index (χ2n) is 5.33. The van der Waals surface area contributed by atoms with E-state index in [1.165, 1.54) is 0 Å². The van der Waals surface area contributed by atoms with E-state index in [0.717, 1.165) is 0 Å². The maximum Gasteiger partial charge on any atom is 0.416 e. The Labute approximate surface area is 156 Å². The first kappa shape index (κ1) is 20.8. The molecule has 2 rings (SSSR count). The first-order valence-electron chi connectivity index (χ1n) is 7.59.